The SMILES string of the molecule is Cc1ccc(S(=O)(=O)N/N=C2/C3CCC(C3)C2(C)C)cc1. The van der Waals surface area contributed by atoms with Gasteiger partial charge in [0.15, 0.2) is 0 Å². The summed E-state index contributed by atoms with van der Waals surface area (Å²) in [5, 5.41) is 4.31. The van der Waals surface area contributed by atoms with Crippen LogP contribution in [-0.2, 0) is 10.0 Å². The van der Waals surface area contributed by atoms with Gasteiger partial charge in [0.2, 0.25) is 0 Å². The highest BCUT2D eigenvalue weighted by Gasteiger charge is 2.50. The molecule has 2 saturated carbocycles. The largest absolute Gasteiger partial charge is 0.276 e. The van der Waals surface area contributed by atoms with Gasteiger partial charge in [-0.05, 0) is 50.2 Å². The summed E-state index contributed by atoms with van der Waals surface area (Å²) in [6, 6.07) is 6.82. The second-order valence-electron chi connectivity index (χ2n) is 6.83. The minimum atomic E-state index is -3.57. The summed E-state index contributed by atoms with van der Waals surface area (Å²) in [4.78, 5) is 2.70. The Kier molecular flexibility index (Phi) is 3.35. The highest BCUT2D eigenvalue weighted by atomic mass is 32.2. The first-order valence-electron chi connectivity index (χ1n) is 7.47. The Morgan fingerprint density at radius 1 is 1.19 bits per heavy atom. The summed E-state index contributed by atoms with van der Waals surface area (Å²) in [5.41, 5.74) is 2.07. The van der Waals surface area contributed by atoms with Crippen molar-refractivity contribution in [1.82, 2.24) is 4.83 Å². The van der Waals surface area contributed by atoms with Gasteiger partial charge in [0.25, 0.3) is 10.0 Å². The summed E-state index contributed by atoms with van der Waals surface area (Å²) in [6.07, 6.45) is 3.53. The molecule has 21 heavy (non-hydrogen) atoms. The van der Waals surface area contributed by atoms with Crippen LogP contribution in [0.1, 0.15) is 38.7 Å². The lowest BCUT2D eigenvalue weighted by Gasteiger charge is -2.31. The molecule has 1 N–H and O–H groups in total. The summed E-state index contributed by atoms with van der Waals surface area (Å²) in [7, 11) is -3.57. The van der Waals surface area contributed by atoms with Crippen molar-refractivity contribution in [1.29, 1.82) is 0 Å². The van der Waals surface area contributed by atoms with Gasteiger partial charge in [0.05, 0.1) is 4.90 Å². The van der Waals surface area contributed by atoms with Crippen LogP contribution in [0.25, 0.3) is 0 Å². The van der Waals surface area contributed by atoms with E-state index >= 15 is 0 Å². The number of hydrogen-bond acceptors (Lipinski definition) is 3. The van der Waals surface area contributed by atoms with E-state index in [1.807, 2.05) is 6.92 Å². The van der Waals surface area contributed by atoms with Crippen LogP contribution in [-0.4, -0.2) is 14.1 Å². The van der Waals surface area contributed by atoms with Gasteiger partial charge in [-0.25, -0.2) is 4.83 Å². The van der Waals surface area contributed by atoms with Crippen LogP contribution in [0.5, 0.6) is 0 Å². The van der Waals surface area contributed by atoms with Crippen molar-refractivity contribution in [2.75, 3.05) is 0 Å². The van der Waals surface area contributed by atoms with Crippen LogP contribution in [0.2, 0.25) is 0 Å². The lowest BCUT2D eigenvalue weighted by Crippen LogP contribution is -2.33. The van der Waals surface area contributed by atoms with E-state index in [-0.39, 0.29) is 10.3 Å². The minimum Gasteiger partial charge on any atom is -0.200 e. The molecule has 2 aliphatic carbocycles. The fraction of sp³-hybridized carbons (Fsp3) is 0.562. The number of nitrogens with one attached hydrogen (secondary N) is 1. The smallest absolute Gasteiger partial charge is 0.200 e. The summed E-state index contributed by atoms with van der Waals surface area (Å²) < 4.78 is 24.6. The third-order valence-electron chi connectivity index (χ3n) is 5.12. The van der Waals surface area contributed by atoms with Gasteiger partial charge in [-0.2, -0.15) is 13.5 Å². The molecule has 2 aliphatic rings. The summed E-state index contributed by atoms with van der Waals surface area (Å²) in [5.74, 6) is 1.09. The monoisotopic (exact) mass is 306 g/mol. The Balaban J connectivity index is 1.84. The zero-order valence-corrected chi connectivity index (χ0v) is 13.6. The molecule has 0 amide bonds. The first-order chi connectivity index (χ1) is 9.80. The van der Waals surface area contributed by atoms with Crippen LogP contribution in [0.3, 0.4) is 0 Å². The summed E-state index contributed by atoms with van der Waals surface area (Å²) in [6.45, 7) is 6.29. The van der Waals surface area contributed by atoms with Crippen molar-refractivity contribution in [2.24, 2.45) is 22.4 Å². The predicted octanol–water partition coefficient (Wildman–Crippen LogP) is 3.09. The van der Waals surface area contributed by atoms with Gasteiger partial charge in [-0.15, -0.1) is 0 Å². The normalized spacial score (nSPS) is 29.0. The van der Waals surface area contributed by atoms with E-state index in [2.05, 4.69) is 23.8 Å². The van der Waals surface area contributed by atoms with Crippen molar-refractivity contribution in [3.05, 3.63) is 29.8 Å². The Labute approximate surface area is 126 Å². The number of rotatable bonds is 3. The molecule has 4 nitrogen and oxygen atoms in total. The Hall–Kier alpha value is -1.36. The Bertz CT molecular complexity index is 675. The maximum absolute atomic E-state index is 12.3. The van der Waals surface area contributed by atoms with E-state index in [1.165, 1.54) is 6.42 Å². The molecule has 2 atom stereocenters. The van der Waals surface area contributed by atoms with E-state index in [0.717, 1.165) is 24.1 Å². The molecule has 0 radical (unpaired) electrons. The minimum absolute atomic E-state index is 0.0126. The predicted molar refractivity (Wildman–Crippen MR) is 83.5 cm³/mol. The van der Waals surface area contributed by atoms with Crippen molar-refractivity contribution in [3.63, 3.8) is 0 Å². The number of hydrogen-bond donors (Lipinski definition) is 1. The highest BCUT2D eigenvalue weighted by molar-refractivity contribution is 7.89. The molecule has 0 spiro atoms. The average Bonchev–Trinajstić information content (AvgIpc) is 2.96. The number of nitrogens with zero attached hydrogens (tertiary/aromatic N) is 1. The van der Waals surface area contributed by atoms with Crippen LogP contribution in [0.15, 0.2) is 34.3 Å². The van der Waals surface area contributed by atoms with E-state index in [9.17, 15) is 8.42 Å². The number of sulfonamides is 1. The van der Waals surface area contributed by atoms with Gasteiger partial charge < -0.3 is 0 Å². The third kappa shape index (κ3) is 2.48. The zero-order chi connectivity index (χ0) is 15.3. The molecule has 0 aliphatic heterocycles. The van der Waals surface area contributed by atoms with Gasteiger partial charge >= 0.3 is 0 Å². The molecule has 114 valence electrons. The highest BCUT2D eigenvalue weighted by Crippen LogP contribution is 2.53. The molecule has 3 rings (SSSR count). The molecule has 5 heteroatoms. The van der Waals surface area contributed by atoms with Gasteiger partial charge in [0.1, 0.15) is 0 Å². The van der Waals surface area contributed by atoms with E-state index in [4.69, 9.17) is 0 Å². The zero-order valence-electron chi connectivity index (χ0n) is 12.8. The lowest BCUT2D eigenvalue weighted by atomic mass is 9.75. The molecular weight excluding hydrogens is 284 g/mol. The lowest BCUT2D eigenvalue weighted by molar-refractivity contribution is 0.333. The molecule has 1 aromatic carbocycles. The van der Waals surface area contributed by atoms with Crippen molar-refractivity contribution in [2.45, 2.75) is 44.9 Å². The average molecular weight is 306 g/mol. The Morgan fingerprint density at radius 3 is 2.43 bits per heavy atom. The molecular formula is C16H22N2O2S. The van der Waals surface area contributed by atoms with Gasteiger partial charge in [-0.3, -0.25) is 0 Å². The van der Waals surface area contributed by atoms with E-state index in [0.29, 0.717) is 11.8 Å². The first kappa shape index (κ1) is 14.6. The Morgan fingerprint density at radius 2 is 1.86 bits per heavy atom. The maximum atomic E-state index is 12.3. The van der Waals surface area contributed by atoms with Crippen molar-refractivity contribution < 1.29 is 8.42 Å². The van der Waals surface area contributed by atoms with Crippen LogP contribution >= 0.6 is 0 Å². The fourth-order valence-electron chi connectivity index (χ4n) is 3.74. The standard InChI is InChI=1S/C16H22N2O2S/c1-11-4-8-14(9-5-11)21(19,20)18-17-15-12-6-7-13(10-12)16(15,2)3/h4-5,8-9,12-13,18H,6-7,10H2,1-3H3/b17-15-. The molecule has 2 unspecified atom stereocenters. The molecule has 0 aromatic heterocycles. The first-order valence-corrected chi connectivity index (χ1v) is 8.95. The topological polar surface area (TPSA) is 58.5 Å². The third-order valence-corrected chi connectivity index (χ3v) is 6.34. The maximum Gasteiger partial charge on any atom is 0.276 e. The molecule has 0 saturated heterocycles. The van der Waals surface area contributed by atoms with Crippen molar-refractivity contribution >= 4 is 15.7 Å². The summed E-state index contributed by atoms with van der Waals surface area (Å²) >= 11 is 0. The van der Waals surface area contributed by atoms with E-state index < -0.39 is 10.0 Å². The number of aryl methyl sites for hydroxylation is 1. The molecule has 2 fully saturated rings. The molecule has 0 heterocycles. The molecule has 1 aromatic rings. The number of benzene rings is 1. The van der Waals surface area contributed by atoms with Gasteiger partial charge in [-0.1, -0.05) is 31.5 Å². The molecule has 2 bridgehead atoms. The van der Waals surface area contributed by atoms with E-state index in [1.54, 1.807) is 24.3 Å². The quantitative estimate of drug-likeness (QED) is 0.872. The van der Waals surface area contributed by atoms with Crippen molar-refractivity contribution in [3.8, 4) is 0 Å². The van der Waals surface area contributed by atoms with Crippen LogP contribution < -0.4 is 4.83 Å². The number of fused-ring (bicyclic) bond motifs is 2. The van der Waals surface area contributed by atoms with Crippen LogP contribution in [0, 0.1) is 24.2 Å². The van der Waals surface area contributed by atoms with Crippen LogP contribution in [0.4, 0.5) is 0 Å². The number of hydrazone groups is 1. The second-order valence-corrected chi connectivity index (χ2v) is 8.49. The second kappa shape index (κ2) is 4.83. The fourth-order valence-corrected chi connectivity index (χ4v) is 4.55. The van der Waals surface area contributed by atoms with Gasteiger partial charge in [0, 0.05) is 11.1 Å².